The minimum Gasteiger partial charge on any atom is -0.383 e. The maximum atomic E-state index is 11.4. The summed E-state index contributed by atoms with van der Waals surface area (Å²) in [6.45, 7) is 0.969. The molecule has 6 nitrogen and oxygen atoms in total. The van der Waals surface area contributed by atoms with Gasteiger partial charge in [-0.1, -0.05) is 0 Å². The first-order valence-electron chi connectivity index (χ1n) is 5.30. The zero-order chi connectivity index (χ0) is 12.7. The summed E-state index contributed by atoms with van der Waals surface area (Å²) in [6, 6.07) is 3.38. The molecule has 0 unspecified atom stereocenters. The number of amides is 2. The summed E-state index contributed by atoms with van der Waals surface area (Å²) in [4.78, 5) is 17.5. The predicted molar refractivity (Wildman–Crippen MR) is 67.5 cm³/mol. The Kier molecular flexibility index (Phi) is 5.22. The fraction of sp³-hybridized carbons (Fsp3) is 0.455. The van der Waals surface area contributed by atoms with Gasteiger partial charge in [0.15, 0.2) is 0 Å². The largest absolute Gasteiger partial charge is 0.383 e. The monoisotopic (exact) mass is 238 g/mol. The Morgan fingerprint density at radius 2 is 2.24 bits per heavy atom. The van der Waals surface area contributed by atoms with Gasteiger partial charge in [-0.25, -0.2) is 9.78 Å². The van der Waals surface area contributed by atoms with Gasteiger partial charge in [-0.2, -0.15) is 0 Å². The van der Waals surface area contributed by atoms with Crippen LogP contribution < -0.4 is 15.5 Å². The number of carbonyl (C=O) groups excluding carboxylic acids is 1. The predicted octanol–water partition coefficient (Wildman–Crippen LogP) is 0.915. The van der Waals surface area contributed by atoms with E-state index in [1.807, 2.05) is 25.1 Å². The number of urea groups is 1. The highest BCUT2D eigenvalue weighted by molar-refractivity contribution is 5.89. The van der Waals surface area contributed by atoms with Gasteiger partial charge >= 0.3 is 6.03 Å². The van der Waals surface area contributed by atoms with Gasteiger partial charge < -0.3 is 20.3 Å². The number of carbonyl (C=O) groups is 1. The van der Waals surface area contributed by atoms with Crippen molar-refractivity contribution in [2.24, 2.45) is 0 Å². The Balaban J connectivity index is 2.43. The molecular formula is C11H18N4O2. The Labute approximate surface area is 101 Å². The molecule has 0 aliphatic rings. The van der Waals surface area contributed by atoms with Crippen LogP contribution in [0.3, 0.4) is 0 Å². The average Bonchev–Trinajstić information content (AvgIpc) is 2.30. The van der Waals surface area contributed by atoms with Crippen molar-refractivity contribution in [3.63, 3.8) is 0 Å². The second-order valence-corrected chi connectivity index (χ2v) is 3.67. The van der Waals surface area contributed by atoms with Crippen molar-refractivity contribution in [3.05, 3.63) is 18.3 Å². The Bertz CT molecular complexity index is 351. The van der Waals surface area contributed by atoms with Crippen molar-refractivity contribution in [1.29, 1.82) is 0 Å². The fourth-order valence-electron chi connectivity index (χ4n) is 1.17. The van der Waals surface area contributed by atoms with E-state index in [4.69, 9.17) is 4.74 Å². The summed E-state index contributed by atoms with van der Waals surface area (Å²) in [5.41, 5.74) is 0.658. The van der Waals surface area contributed by atoms with E-state index in [9.17, 15) is 4.79 Å². The molecule has 0 aromatic carbocycles. The number of pyridine rings is 1. The van der Waals surface area contributed by atoms with Crippen molar-refractivity contribution < 1.29 is 9.53 Å². The fourth-order valence-corrected chi connectivity index (χ4v) is 1.17. The molecule has 1 rings (SSSR count). The molecule has 0 aliphatic carbocycles. The SMILES string of the molecule is COCCNC(=O)Nc1ccc(N(C)C)nc1. The van der Waals surface area contributed by atoms with Crippen molar-refractivity contribution in [2.75, 3.05) is 44.6 Å². The number of aromatic nitrogens is 1. The molecular weight excluding hydrogens is 220 g/mol. The molecule has 2 amide bonds. The third kappa shape index (κ3) is 4.69. The molecule has 17 heavy (non-hydrogen) atoms. The Morgan fingerprint density at radius 3 is 2.76 bits per heavy atom. The lowest BCUT2D eigenvalue weighted by Crippen LogP contribution is -2.31. The molecule has 0 bridgehead atoms. The topological polar surface area (TPSA) is 66.5 Å². The summed E-state index contributed by atoms with van der Waals surface area (Å²) >= 11 is 0. The van der Waals surface area contributed by atoms with E-state index in [0.717, 1.165) is 5.82 Å². The molecule has 0 saturated carbocycles. The average molecular weight is 238 g/mol. The van der Waals surface area contributed by atoms with Gasteiger partial charge in [0.25, 0.3) is 0 Å². The van der Waals surface area contributed by atoms with Crippen molar-refractivity contribution in [3.8, 4) is 0 Å². The van der Waals surface area contributed by atoms with Gasteiger partial charge in [-0.15, -0.1) is 0 Å². The Morgan fingerprint density at radius 1 is 1.47 bits per heavy atom. The first-order valence-corrected chi connectivity index (χ1v) is 5.30. The van der Waals surface area contributed by atoms with E-state index >= 15 is 0 Å². The Hall–Kier alpha value is -1.82. The van der Waals surface area contributed by atoms with E-state index < -0.39 is 0 Å². The van der Waals surface area contributed by atoms with E-state index in [1.165, 1.54) is 0 Å². The van der Waals surface area contributed by atoms with Gasteiger partial charge in [-0.05, 0) is 12.1 Å². The normalized spacial score (nSPS) is 9.82. The molecule has 0 aliphatic heterocycles. The van der Waals surface area contributed by atoms with Crippen LogP contribution in [-0.2, 0) is 4.74 Å². The standard InChI is InChI=1S/C11H18N4O2/c1-15(2)10-5-4-9(8-13-10)14-11(16)12-6-7-17-3/h4-5,8H,6-7H2,1-3H3,(H2,12,14,16). The molecule has 0 saturated heterocycles. The minimum atomic E-state index is -0.263. The van der Waals surface area contributed by atoms with Crippen LogP contribution in [0.1, 0.15) is 0 Å². The zero-order valence-corrected chi connectivity index (χ0v) is 10.4. The quantitative estimate of drug-likeness (QED) is 0.748. The number of hydrogen-bond acceptors (Lipinski definition) is 4. The molecule has 1 heterocycles. The van der Waals surface area contributed by atoms with Crippen LogP contribution in [-0.4, -0.2) is 45.4 Å². The highest BCUT2D eigenvalue weighted by Gasteiger charge is 2.02. The van der Waals surface area contributed by atoms with Crippen LogP contribution in [0.5, 0.6) is 0 Å². The van der Waals surface area contributed by atoms with Crippen LogP contribution in [0, 0.1) is 0 Å². The summed E-state index contributed by atoms with van der Waals surface area (Å²) < 4.78 is 4.82. The molecule has 0 spiro atoms. The number of anilines is 2. The molecule has 2 N–H and O–H groups in total. The molecule has 6 heteroatoms. The summed E-state index contributed by atoms with van der Waals surface area (Å²) in [6.07, 6.45) is 1.62. The summed E-state index contributed by atoms with van der Waals surface area (Å²) in [5.74, 6) is 0.843. The van der Waals surface area contributed by atoms with Gasteiger partial charge in [0.1, 0.15) is 5.82 Å². The number of rotatable bonds is 5. The van der Waals surface area contributed by atoms with Crippen molar-refractivity contribution >= 4 is 17.5 Å². The van der Waals surface area contributed by atoms with Crippen LogP contribution >= 0.6 is 0 Å². The first kappa shape index (κ1) is 13.2. The molecule has 0 atom stereocenters. The van der Waals surface area contributed by atoms with Crippen molar-refractivity contribution in [2.45, 2.75) is 0 Å². The minimum absolute atomic E-state index is 0.263. The molecule has 0 radical (unpaired) electrons. The lowest BCUT2D eigenvalue weighted by Gasteiger charge is -2.12. The van der Waals surface area contributed by atoms with E-state index in [-0.39, 0.29) is 6.03 Å². The van der Waals surface area contributed by atoms with E-state index in [0.29, 0.717) is 18.8 Å². The number of hydrogen-bond donors (Lipinski definition) is 2. The number of nitrogens with one attached hydrogen (secondary N) is 2. The maximum Gasteiger partial charge on any atom is 0.319 e. The second kappa shape index (κ2) is 6.70. The smallest absolute Gasteiger partial charge is 0.319 e. The van der Waals surface area contributed by atoms with E-state index in [1.54, 1.807) is 19.4 Å². The van der Waals surface area contributed by atoms with Gasteiger partial charge in [-0.3, -0.25) is 0 Å². The van der Waals surface area contributed by atoms with Crippen LogP contribution in [0.15, 0.2) is 18.3 Å². The van der Waals surface area contributed by atoms with Gasteiger partial charge in [0, 0.05) is 27.7 Å². The maximum absolute atomic E-state index is 11.4. The summed E-state index contributed by atoms with van der Waals surface area (Å²) in [7, 11) is 5.41. The molecule has 1 aromatic heterocycles. The summed E-state index contributed by atoms with van der Waals surface area (Å²) in [5, 5.41) is 5.34. The number of ether oxygens (including phenoxy) is 1. The molecule has 0 fully saturated rings. The second-order valence-electron chi connectivity index (χ2n) is 3.67. The lowest BCUT2D eigenvalue weighted by molar-refractivity contribution is 0.198. The first-order chi connectivity index (χ1) is 8.13. The number of nitrogens with zero attached hydrogens (tertiary/aromatic N) is 2. The molecule has 1 aromatic rings. The van der Waals surface area contributed by atoms with E-state index in [2.05, 4.69) is 15.6 Å². The highest BCUT2D eigenvalue weighted by Crippen LogP contribution is 2.11. The van der Waals surface area contributed by atoms with Crippen LogP contribution in [0.2, 0.25) is 0 Å². The molecule has 94 valence electrons. The van der Waals surface area contributed by atoms with Crippen LogP contribution in [0.4, 0.5) is 16.3 Å². The highest BCUT2D eigenvalue weighted by atomic mass is 16.5. The van der Waals surface area contributed by atoms with Crippen molar-refractivity contribution in [1.82, 2.24) is 10.3 Å². The zero-order valence-electron chi connectivity index (χ0n) is 10.4. The van der Waals surface area contributed by atoms with Gasteiger partial charge in [0.2, 0.25) is 0 Å². The number of methoxy groups -OCH3 is 1. The third-order valence-corrected chi connectivity index (χ3v) is 2.06. The van der Waals surface area contributed by atoms with Crippen LogP contribution in [0.25, 0.3) is 0 Å². The third-order valence-electron chi connectivity index (χ3n) is 2.06. The van der Waals surface area contributed by atoms with Gasteiger partial charge in [0.05, 0.1) is 18.5 Å². The lowest BCUT2D eigenvalue weighted by atomic mass is 10.4.